The number of rotatable bonds is 9. The molecular weight excluding hydrogens is 421 g/mol. The van der Waals surface area contributed by atoms with E-state index in [0.29, 0.717) is 24.6 Å². The molecule has 4 nitrogen and oxygen atoms in total. The summed E-state index contributed by atoms with van der Waals surface area (Å²) < 4.78 is 18.6. The van der Waals surface area contributed by atoms with Gasteiger partial charge in [0.1, 0.15) is 5.82 Å². The first-order valence-corrected chi connectivity index (χ1v) is 10.7. The van der Waals surface area contributed by atoms with Crippen LogP contribution in [0.4, 0.5) is 10.1 Å². The number of ether oxygens (including phenoxy) is 1. The van der Waals surface area contributed by atoms with Crippen LogP contribution in [0.1, 0.15) is 32.8 Å². The Hall–Kier alpha value is -2.44. The van der Waals surface area contributed by atoms with E-state index < -0.39 is 0 Å². The van der Waals surface area contributed by atoms with Crippen molar-refractivity contribution in [3.63, 3.8) is 0 Å². The van der Waals surface area contributed by atoms with Crippen LogP contribution in [0.15, 0.2) is 54.7 Å². The van der Waals surface area contributed by atoms with Gasteiger partial charge in [-0.1, -0.05) is 37.7 Å². The van der Waals surface area contributed by atoms with Crippen LogP contribution in [0.3, 0.4) is 0 Å². The number of nitrogens with one attached hydrogen (secondary N) is 1. The fraction of sp³-hybridized carbons (Fsp3) is 0.304. The number of nitrogens with zero attached hydrogens (tertiary/aromatic N) is 2. The molecule has 0 bridgehead atoms. The highest BCUT2D eigenvalue weighted by molar-refractivity contribution is 7.79. The fourth-order valence-corrected chi connectivity index (χ4v) is 2.91. The lowest BCUT2D eigenvalue weighted by Gasteiger charge is -2.26. The molecule has 7 heteroatoms. The molecule has 162 valence electrons. The summed E-state index contributed by atoms with van der Waals surface area (Å²) in [6, 6.07) is 13.6. The molecule has 2 aromatic rings. The summed E-state index contributed by atoms with van der Waals surface area (Å²) in [5.74, 6) is -0.0579. The maximum absolute atomic E-state index is 13.4. The van der Waals surface area contributed by atoms with Crippen LogP contribution >= 0.6 is 23.8 Å². The van der Waals surface area contributed by atoms with Crippen LogP contribution in [0.2, 0.25) is 5.02 Å². The predicted octanol–water partition coefficient (Wildman–Crippen LogP) is 6.60. The third-order valence-corrected chi connectivity index (χ3v) is 4.43. The standard InChI is InChI=1S/C21H23ClFN3OS.C2H6/c1-3-27-21(24)12-13-25(2)14-20(16-4-8-18(23)9-5-16)26(15-28)19-10-6-17(22)7-11-19;1-2/h4-11,14-15,24H,3,12-13H2,1-2H3;1-2H3/b20-14-,24-21?;. The first-order valence-electron chi connectivity index (χ1n) is 9.83. The number of anilines is 1. The Labute approximate surface area is 189 Å². The maximum atomic E-state index is 13.4. The summed E-state index contributed by atoms with van der Waals surface area (Å²) in [4.78, 5) is 3.79. The van der Waals surface area contributed by atoms with Gasteiger partial charge in [0, 0.05) is 42.5 Å². The van der Waals surface area contributed by atoms with Gasteiger partial charge in [0.05, 0.1) is 17.8 Å². The first-order chi connectivity index (χ1) is 14.4. The van der Waals surface area contributed by atoms with Gasteiger partial charge in [-0.05, 0) is 55.5 Å². The molecule has 0 atom stereocenters. The number of thiocarbonyl (C=S) groups is 1. The molecule has 0 spiro atoms. The van der Waals surface area contributed by atoms with Crippen molar-refractivity contribution in [1.82, 2.24) is 4.90 Å². The zero-order valence-electron chi connectivity index (χ0n) is 17.9. The van der Waals surface area contributed by atoms with E-state index in [0.717, 1.165) is 16.9 Å². The quantitative estimate of drug-likeness (QED) is 0.266. The molecule has 0 aliphatic carbocycles. The average molecular weight is 450 g/mol. The van der Waals surface area contributed by atoms with Crippen LogP contribution in [0, 0.1) is 11.2 Å². The second kappa shape index (κ2) is 13.7. The number of hydrogen-bond acceptors (Lipinski definition) is 4. The minimum Gasteiger partial charge on any atom is -0.481 e. The van der Waals surface area contributed by atoms with E-state index in [1.807, 2.05) is 56.0 Å². The van der Waals surface area contributed by atoms with Crippen LogP contribution in [0.5, 0.6) is 0 Å². The van der Waals surface area contributed by atoms with E-state index in [1.165, 1.54) is 17.6 Å². The zero-order valence-corrected chi connectivity index (χ0v) is 19.4. The Balaban J connectivity index is 0.00000218. The summed E-state index contributed by atoms with van der Waals surface area (Å²) in [6.07, 6.45) is 2.40. The van der Waals surface area contributed by atoms with Crippen molar-refractivity contribution in [2.45, 2.75) is 27.2 Å². The maximum Gasteiger partial charge on any atom is 0.182 e. The lowest BCUT2D eigenvalue weighted by atomic mass is 10.1. The van der Waals surface area contributed by atoms with Crippen LogP contribution < -0.4 is 4.90 Å². The van der Waals surface area contributed by atoms with Gasteiger partial charge >= 0.3 is 0 Å². The highest BCUT2D eigenvalue weighted by atomic mass is 35.5. The molecule has 0 unspecified atom stereocenters. The van der Waals surface area contributed by atoms with E-state index in [4.69, 9.17) is 34.0 Å². The van der Waals surface area contributed by atoms with Crippen LogP contribution in [-0.2, 0) is 4.74 Å². The Bertz CT molecular complexity index is 825. The Kier molecular flexibility index (Phi) is 11.7. The monoisotopic (exact) mass is 449 g/mol. The van der Waals surface area contributed by atoms with Crippen LogP contribution in [0.25, 0.3) is 5.70 Å². The normalized spacial score (nSPS) is 10.5. The topological polar surface area (TPSA) is 39.6 Å². The number of halogens is 2. The highest BCUT2D eigenvalue weighted by Crippen LogP contribution is 2.27. The van der Waals surface area contributed by atoms with Crippen molar-refractivity contribution >= 4 is 46.6 Å². The summed E-state index contributed by atoms with van der Waals surface area (Å²) in [7, 11) is 1.91. The van der Waals surface area contributed by atoms with Gasteiger partial charge in [-0.15, -0.1) is 0 Å². The van der Waals surface area contributed by atoms with Crippen molar-refractivity contribution in [2.24, 2.45) is 0 Å². The van der Waals surface area contributed by atoms with Crippen molar-refractivity contribution in [1.29, 1.82) is 5.41 Å². The van der Waals surface area contributed by atoms with Gasteiger partial charge in [0.25, 0.3) is 0 Å². The Morgan fingerprint density at radius 1 is 1.13 bits per heavy atom. The summed E-state index contributed by atoms with van der Waals surface area (Å²) in [6.45, 7) is 6.93. The largest absolute Gasteiger partial charge is 0.481 e. The van der Waals surface area contributed by atoms with Crippen molar-refractivity contribution in [2.75, 3.05) is 25.1 Å². The SMILES string of the molecule is CC.CCOC(=N)CCN(C)/C=C(/c1ccc(F)cc1)N(C=S)c1ccc(Cl)cc1. The molecule has 0 saturated carbocycles. The van der Waals surface area contributed by atoms with Crippen molar-refractivity contribution < 1.29 is 9.13 Å². The third kappa shape index (κ3) is 8.13. The molecule has 30 heavy (non-hydrogen) atoms. The minimum atomic E-state index is -0.304. The Morgan fingerprint density at radius 3 is 2.27 bits per heavy atom. The minimum absolute atomic E-state index is 0.246. The predicted molar refractivity (Wildman–Crippen MR) is 130 cm³/mol. The Morgan fingerprint density at radius 2 is 1.73 bits per heavy atom. The summed E-state index contributed by atoms with van der Waals surface area (Å²) in [5.41, 5.74) is 3.96. The lowest BCUT2D eigenvalue weighted by Crippen LogP contribution is -2.23. The molecule has 0 heterocycles. The van der Waals surface area contributed by atoms with Crippen molar-refractivity contribution in [3.05, 3.63) is 71.1 Å². The first kappa shape index (κ1) is 25.6. The average Bonchev–Trinajstić information content (AvgIpc) is 2.75. The van der Waals surface area contributed by atoms with Crippen molar-refractivity contribution in [3.8, 4) is 0 Å². The molecule has 1 N–H and O–H groups in total. The van der Waals surface area contributed by atoms with Gasteiger partial charge in [0.2, 0.25) is 0 Å². The van der Waals surface area contributed by atoms with E-state index in [2.05, 4.69) is 0 Å². The third-order valence-electron chi connectivity index (χ3n) is 3.96. The van der Waals surface area contributed by atoms with Gasteiger partial charge in [-0.25, -0.2) is 4.39 Å². The molecule has 0 fully saturated rings. The van der Waals surface area contributed by atoms with E-state index >= 15 is 0 Å². The molecule has 0 aliphatic heterocycles. The highest BCUT2D eigenvalue weighted by Gasteiger charge is 2.14. The summed E-state index contributed by atoms with van der Waals surface area (Å²) in [5, 5.41) is 8.40. The second-order valence-corrected chi connectivity index (χ2v) is 6.71. The molecule has 2 aromatic carbocycles. The molecule has 2 rings (SSSR count). The van der Waals surface area contributed by atoms with E-state index in [9.17, 15) is 4.39 Å². The molecule has 0 amide bonds. The van der Waals surface area contributed by atoms with Crippen LogP contribution in [-0.4, -0.2) is 36.5 Å². The number of hydrogen-bond donors (Lipinski definition) is 1. The lowest BCUT2D eigenvalue weighted by molar-refractivity contribution is 0.307. The fourth-order valence-electron chi connectivity index (χ4n) is 2.55. The van der Waals surface area contributed by atoms with Gasteiger partial charge < -0.3 is 14.5 Å². The van der Waals surface area contributed by atoms with E-state index in [-0.39, 0.29) is 11.7 Å². The van der Waals surface area contributed by atoms with E-state index in [1.54, 1.807) is 24.3 Å². The molecular formula is C23H29ClFN3OS. The molecule has 0 aromatic heterocycles. The summed E-state index contributed by atoms with van der Waals surface area (Å²) >= 11 is 11.3. The molecule has 0 aliphatic rings. The molecule has 0 radical (unpaired) electrons. The molecule has 0 saturated heterocycles. The van der Waals surface area contributed by atoms with Gasteiger partial charge in [-0.3, -0.25) is 5.41 Å². The zero-order chi connectivity index (χ0) is 22.5. The number of benzene rings is 2. The van der Waals surface area contributed by atoms with Gasteiger partial charge in [-0.2, -0.15) is 0 Å². The van der Waals surface area contributed by atoms with Gasteiger partial charge in [0.15, 0.2) is 5.90 Å². The second-order valence-electron chi connectivity index (χ2n) is 6.06. The smallest absolute Gasteiger partial charge is 0.182 e.